The van der Waals surface area contributed by atoms with Gasteiger partial charge >= 0.3 is 5.97 Å². The number of carbonyl (C=O) groups is 2. The van der Waals surface area contributed by atoms with E-state index >= 15 is 0 Å². The van der Waals surface area contributed by atoms with Crippen molar-refractivity contribution >= 4 is 36.7 Å². The largest absolute Gasteiger partial charge is 0.480 e. The van der Waals surface area contributed by atoms with Crippen LogP contribution in [0.5, 0.6) is 0 Å². The highest BCUT2D eigenvalue weighted by Gasteiger charge is 2.18. The van der Waals surface area contributed by atoms with Gasteiger partial charge in [-0.3, -0.25) is 4.79 Å². The molecule has 1 atom stereocenters. The Kier molecular flexibility index (Phi) is 17.2. The molecule has 0 spiro atoms. The Balaban J connectivity index is -0.000000980. The van der Waals surface area contributed by atoms with E-state index in [0.717, 1.165) is 6.42 Å². The van der Waals surface area contributed by atoms with Crippen molar-refractivity contribution in [3.8, 4) is 0 Å². The highest BCUT2D eigenvalue weighted by molar-refractivity contribution is 5.85. The van der Waals surface area contributed by atoms with E-state index in [2.05, 4.69) is 5.32 Å². The standard InChI is InChI=1S/C9H19N3O3.2ClH/c10-5-2-1-3-7(9(14)15)12-8(13)4-6-11;;/h7H,1-6,10-11H2,(H,12,13)(H,14,15);2*1H/t7-;;/m0../s1. The van der Waals surface area contributed by atoms with Crippen LogP contribution in [-0.4, -0.2) is 36.1 Å². The first-order valence-corrected chi connectivity index (χ1v) is 5.04. The molecular formula is C9H21Cl2N3O3. The summed E-state index contributed by atoms with van der Waals surface area (Å²) < 4.78 is 0. The van der Waals surface area contributed by atoms with Crippen LogP contribution in [0.25, 0.3) is 0 Å². The Bertz CT molecular complexity index is 218. The maximum atomic E-state index is 11.1. The molecule has 8 heteroatoms. The molecule has 0 fully saturated rings. The smallest absolute Gasteiger partial charge is 0.326 e. The second-order valence-corrected chi connectivity index (χ2v) is 3.28. The average molecular weight is 290 g/mol. The third kappa shape index (κ3) is 11.7. The first kappa shape index (κ1) is 21.7. The van der Waals surface area contributed by atoms with Crippen molar-refractivity contribution in [2.24, 2.45) is 11.5 Å². The summed E-state index contributed by atoms with van der Waals surface area (Å²) in [5.41, 5.74) is 10.5. The van der Waals surface area contributed by atoms with E-state index in [1.807, 2.05) is 0 Å². The molecule has 0 heterocycles. The van der Waals surface area contributed by atoms with Crippen LogP contribution < -0.4 is 16.8 Å². The average Bonchev–Trinajstić information content (AvgIpc) is 2.16. The first-order chi connectivity index (χ1) is 7.11. The van der Waals surface area contributed by atoms with E-state index in [9.17, 15) is 9.59 Å². The first-order valence-electron chi connectivity index (χ1n) is 5.04. The molecule has 0 saturated heterocycles. The van der Waals surface area contributed by atoms with E-state index in [1.165, 1.54) is 0 Å². The van der Waals surface area contributed by atoms with Crippen molar-refractivity contribution in [3.05, 3.63) is 0 Å². The van der Waals surface area contributed by atoms with Gasteiger partial charge in [-0.05, 0) is 25.8 Å². The molecule has 0 aromatic carbocycles. The number of nitrogens with two attached hydrogens (primary N) is 2. The van der Waals surface area contributed by atoms with E-state index < -0.39 is 12.0 Å². The number of hydrogen-bond acceptors (Lipinski definition) is 4. The summed E-state index contributed by atoms with van der Waals surface area (Å²) in [5, 5.41) is 11.2. The number of amides is 1. The lowest BCUT2D eigenvalue weighted by atomic mass is 10.1. The Labute approximate surface area is 113 Å². The number of rotatable bonds is 8. The molecule has 1 amide bonds. The van der Waals surface area contributed by atoms with Crippen LogP contribution in [0.3, 0.4) is 0 Å². The number of carbonyl (C=O) groups excluding carboxylic acids is 1. The molecule has 104 valence electrons. The fourth-order valence-corrected chi connectivity index (χ4v) is 1.15. The van der Waals surface area contributed by atoms with Crippen molar-refractivity contribution < 1.29 is 14.7 Å². The van der Waals surface area contributed by atoms with Crippen LogP contribution in [0.4, 0.5) is 0 Å². The van der Waals surface area contributed by atoms with E-state index in [0.29, 0.717) is 19.4 Å². The van der Waals surface area contributed by atoms with Crippen LogP contribution in [0.15, 0.2) is 0 Å². The molecule has 6 nitrogen and oxygen atoms in total. The highest BCUT2D eigenvalue weighted by Crippen LogP contribution is 2.00. The molecule has 0 aliphatic carbocycles. The SMILES string of the molecule is Cl.Cl.NCCCC[C@H](NC(=O)CCN)C(=O)O. The third-order valence-electron chi connectivity index (χ3n) is 1.95. The second-order valence-electron chi connectivity index (χ2n) is 3.28. The fourth-order valence-electron chi connectivity index (χ4n) is 1.15. The fraction of sp³-hybridized carbons (Fsp3) is 0.778. The predicted molar refractivity (Wildman–Crippen MR) is 70.6 cm³/mol. The van der Waals surface area contributed by atoms with Gasteiger partial charge in [0, 0.05) is 13.0 Å². The highest BCUT2D eigenvalue weighted by atomic mass is 35.5. The summed E-state index contributed by atoms with van der Waals surface area (Å²) in [5.74, 6) is -1.34. The Morgan fingerprint density at radius 3 is 2.12 bits per heavy atom. The number of halogens is 2. The topological polar surface area (TPSA) is 118 Å². The molecular weight excluding hydrogens is 269 g/mol. The maximum Gasteiger partial charge on any atom is 0.326 e. The summed E-state index contributed by atoms with van der Waals surface area (Å²) in [6.45, 7) is 0.754. The molecule has 0 bridgehead atoms. The summed E-state index contributed by atoms with van der Waals surface area (Å²) in [7, 11) is 0. The van der Waals surface area contributed by atoms with Crippen LogP contribution in [-0.2, 0) is 9.59 Å². The van der Waals surface area contributed by atoms with E-state index in [4.69, 9.17) is 16.6 Å². The molecule has 0 aliphatic rings. The zero-order chi connectivity index (χ0) is 11.7. The summed E-state index contributed by atoms with van der Waals surface area (Å²) >= 11 is 0. The van der Waals surface area contributed by atoms with Crippen molar-refractivity contribution in [1.29, 1.82) is 0 Å². The zero-order valence-electron chi connectivity index (χ0n) is 9.55. The minimum Gasteiger partial charge on any atom is -0.480 e. The summed E-state index contributed by atoms with van der Waals surface area (Å²) in [6.07, 6.45) is 2.01. The monoisotopic (exact) mass is 289 g/mol. The number of hydrogen-bond donors (Lipinski definition) is 4. The lowest BCUT2D eigenvalue weighted by molar-refractivity contribution is -0.142. The zero-order valence-corrected chi connectivity index (χ0v) is 11.2. The number of carboxylic acid groups (broad SMARTS) is 1. The molecule has 0 saturated carbocycles. The lowest BCUT2D eigenvalue weighted by Gasteiger charge is -2.13. The number of carboxylic acids is 1. The Morgan fingerprint density at radius 2 is 1.71 bits per heavy atom. The van der Waals surface area contributed by atoms with Crippen LogP contribution in [0.1, 0.15) is 25.7 Å². The molecule has 17 heavy (non-hydrogen) atoms. The van der Waals surface area contributed by atoms with Gasteiger partial charge in [0.25, 0.3) is 0 Å². The molecule has 0 aromatic rings. The van der Waals surface area contributed by atoms with Crippen molar-refractivity contribution in [2.75, 3.05) is 13.1 Å². The minimum absolute atomic E-state index is 0. The van der Waals surface area contributed by atoms with Gasteiger partial charge in [0.2, 0.25) is 5.91 Å². The molecule has 0 radical (unpaired) electrons. The normalized spacial score (nSPS) is 10.7. The lowest BCUT2D eigenvalue weighted by Crippen LogP contribution is -2.41. The van der Waals surface area contributed by atoms with Crippen LogP contribution >= 0.6 is 24.8 Å². The summed E-state index contributed by atoms with van der Waals surface area (Å²) in [6, 6.07) is -0.824. The van der Waals surface area contributed by atoms with Gasteiger partial charge in [-0.2, -0.15) is 0 Å². The van der Waals surface area contributed by atoms with E-state index in [1.54, 1.807) is 0 Å². The number of nitrogens with one attached hydrogen (secondary N) is 1. The second kappa shape index (κ2) is 13.5. The van der Waals surface area contributed by atoms with E-state index in [-0.39, 0.29) is 43.7 Å². The molecule has 0 aromatic heterocycles. The van der Waals surface area contributed by atoms with Crippen LogP contribution in [0, 0.1) is 0 Å². The van der Waals surface area contributed by atoms with Gasteiger partial charge < -0.3 is 21.9 Å². The van der Waals surface area contributed by atoms with Gasteiger partial charge in [-0.1, -0.05) is 0 Å². The van der Waals surface area contributed by atoms with Gasteiger partial charge in [-0.15, -0.1) is 24.8 Å². The van der Waals surface area contributed by atoms with Crippen molar-refractivity contribution in [2.45, 2.75) is 31.7 Å². The van der Waals surface area contributed by atoms with Crippen molar-refractivity contribution in [1.82, 2.24) is 5.32 Å². The predicted octanol–water partition coefficient (Wildman–Crippen LogP) is -0.123. The molecule has 6 N–H and O–H groups in total. The van der Waals surface area contributed by atoms with Gasteiger partial charge in [0.05, 0.1) is 0 Å². The Hall–Kier alpha value is -0.560. The van der Waals surface area contributed by atoms with Gasteiger partial charge in [-0.25, -0.2) is 4.79 Å². The molecule has 0 rings (SSSR count). The quantitative estimate of drug-likeness (QED) is 0.465. The minimum atomic E-state index is -1.02. The van der Waals surface area contributed by atoms with Gasteiger partial charge in [0.15, 0.2) is 0 Å². The third-order valence-corrected chi connectivity index (χ3v) is 1.95. The molecule has 0 unspecified atom stereocenters. The maximum absolute atomic E-state index is 11.1. The molecule has 0 aliphatic heterocycles. The van der Waals surface area contributed by atoms with Crippen LogP contribution in [0.2, 0.25) is 0 Å². The van der Waals surface area contributed by atoms with Gasteiger partial charge in [0.1, 0.15) is 6.04 Å². The number of aliphatic carboxylic acids is 1. The number of unbranched alkanes of at least 4 members (excludes halogenated alkanes) is 1. The summed E-state index contributed by atoms with van der Waals surface area (Å²) in [4.78, 5) is 21.9. The Morgan fingerprint density at radius 1 is 1.12 bits per heavy atom. The van der Waals surface area contributed by atoms with Crippen molar-refractivity contribution in [3.63, 3.8) is 0 Å².